The number of anilines is 2. The monoisotopic (exact) mass is 497 g/mol. The number of carbonyl (C=O) groups is 1. The first-order valence-corrected chi connectivity index (χ1v) is 14.0. The summed E-state index contributed by atoms with van der Waals surface area (Å²) in [6.07, 6.45) is 1.71. The van der Waals surface area contributed by atoms with E-state index in [1.54, 1.807) is 4.90 Å². The molecule has 2 heterocycles. The van der Waals surface area contributed by atoms with E-state index in [0.717, 1.165) is 18.1 Å². The zero-order valence-corrected chi connectivity index (χ0v) is 21.3. The Balaban J connectivity index is 2.05. The van der Waals surface area contributed by atoms with Crippen LogP contribution in [0.4, 0.5) is 11.4 Å². The smallest absolute Gasteiger partial charge is 0.260 e. The SMILES string of the molecule is CC(C)CCN1C(=O)C(C2=CS(=O)(=O)c3cc(NS(C)(=O)=O)ccc3N2)=C(O)[C@@H]1C(C)(C)C. The predicted molar refractivity (Wildman–Crippen MR) is 128 cm³/mol. The van der Waals surface area contributed by atoms with Gasteiger partial charge >= 0.3 is 0 Å². The highest BCUT2D eigenvalue weighted by molar-refractivity contribution is 7.94. The molecule has 1 atom stereocenters. The average molecular weight is 498 g/mol. The molecule has 0 saturated heterocycles. The number of fused-ring (bicyclic) bond motifs is 1. The van der Waals surface area contributed by atoms with Crippen molar-refractivity contribution in [2.75, 3.05) is 22.8 Å². The molecule has 0 spiro atoms. The number of aliphatic hydroxyl groups is 1. The maximum atomic E-state index is 13.4. The normalized spacial score (nSPS) is 20.6. The van der Waals surface area contributed by atoms with Gasteiger partial charge < -0.3 is 15.3 Å². The third-order valence-electron chi connectivity index (χ3n) is 5.47. The van der Waals surface area contributed by atoms with Crippen molar-refractivity contribution >= 4 is 37.1 Å². The lowest BCUT2D eigenvalue weighted by molar-refractivity contribution is -0.128. The molecule has 0 unspecified atom stereocenters. The van der Waals surface area contributed by atoms with Gasteiger partial charge in [0.2, 0.25) is 19.9 Å². The standard InChI is InChI=1S/C22H31N3O6S2/c1-13(2)9-10-25-20(22(3,4)5)19(26)18(21(25)27)16-12-33(30,31)17-11-14(24-32(6,28)29)7-8-15(17)23-16/h7-8,11-13,20,23-24,26H,9-10H2,1-6H3/t20-/m1/s1. The van der Waals surface area contributed by atoms with Gasteiger partial charge in [0.15, 0.2) is 0 Å². The van der Waals surface area contributed by atoms with Crippen molar-refractivity contribution in [2.45, 2.75) is 52.0 Å². The summed E-state index contributed by atoms with van der Waals surface area (Å²) in [7, 11) is -7.61. The molecule has 0 fully saturated rings. The number of nitrogens with zero attached hydrogens (tertiary/aromatic N) is 1. The van der Waals surface area contributed by atoms with Crippen LogP contribution in [0.25, 0.3) is 0 Å². The van der Waals surface area contributed by atoms with Crippen molar-refractivity contribution in [1.29, 1.82) is 0 Å². The van der Waals surface area contributed by atoms with Crippen LogP contribution >= 0.6 is 0 Å². The Morgan fingerprint density at radius 2 is 1.88 bits per heavy atom. The quantitative estimate of drug-likeness (QED) is 0.550. The third kappa shape index (κ3) is 5.19. The van der Waals surface area contributed by atoms with E-state index in [1.807, 2.05) is 34.6 Å². The van der Waals surface area contributed by atoms with E-state index in [4.69, 9.17) is 0 Å². The Morgan fingerprint density at radius 3 is 2.42 bits per heavy atom. The molecule has 2 aliphatic heterocycles. The predicted octanol–water partition coefficient (Wildman–Crippen LogP) is 3.21. The minimum absolute atomic E-state index is 0.00452. The second-order valence-corrected chi connectivity index (χ2v) is 13.5. The van der Waals surface area contributed by atoms with Crippen LogP contribution in [0.2, 0.25) is 0 Å². The Hall–Kier alpha value is -2.53. The number of nitrogens with one attached hydrogen (secondary N) is 2. The minimum Gasteiger partial charge on any atom is -0.509 e. The fraction of sp³-hybridized carbons (Fsp3) is 0.500. The highest BCUT2D eigenvalue weighted by Gasteiger charge is 2.47. The van der Waals surface area contributed by atoms with Crippen molar-refractivity contribution in [1.82, 2.24) is 4.90 Å². The molecule has 9 nitrogen and oxygen atoms in total. The number of amides is 1. The van der Waals surface area contributed by atoms with Crippen LogP contribution in [0, 0.1) is 11.3 Å². The van der Waals surface area contributed by atoms with E-state index in [9.17, 15) is 26.7 Å². The lowest BCUT2D eigenvalue weighted by atomic mass is 9.85. The average Bonchev–Trinajstić information content (AvgIpc) is 2.88. The number of benzene rings is 1. The van der Waals surface area contributed by atoms with Gasteiger partial charge in [0, 0.05) is 12.2 Å². The second kappa shape index (κ2) is 8.35. The molecule has 3 rings (SSSR count). The van der Waals surface area contributed by atoms with E-state index in [1.165, 1.54) is 18.2 Å². The van der Waals surface area contributed by atoms with E-state index < -0.39 is 37.2 Å². The zero-order chi connectivity index (χ0) is 24.9. The Labute approximate surface area is 195 Å². The fourth-order valence-corrected chi connectivity index (χ4v) is 5.95. The number of aliphatic hydroxyl groups excluding tert-OH is 1. The van der Waals surface area contributed by atoms with Crippen molar-refractivity contribution in [3.8, 4) is 0 Å². The summed E-state index contributed by atoms with van der Waals surface area (Å²) in [6.45, 7) is 10.3. The van der Waals surface area contributed by atoms with Crippen LogP contribution in [0.15, 0.2) is 45.5 Å². The molecule has 182 valence electrons. The van der Waals surface area contributed by atoms with Gasteiger partial charge in [-0.3, -0.25) is 9.52 Å². The summed E-state index contributed by atoms with van der Waals surface area (Å²) in [6, 6.07) is 3.46. The van der Waals surface area contributed by atoms with Crippen LogP contribution in [-0.2, 0) is 24.7 Å². The molecule has 0 radical (unpaired) electrons. The van der Waals surface area contributed by atoms with Crippen molar-refractivity contribution in [3.05, 3.63) is 40.6 Å². The molecule has 3 N–H and O–H groups in total. The van der Waals surface area contributed by atoms with Crippen molar-refractivity contribution < 1.29 is 26.7 Å². The minimum atomic E-state index is -4.03. The number of hydrogen-bond donors (Lipinski definition) is 3. The van der Waals surface area contributed by atoms with Crippen LogP contribution in [-0.4, -0.2) is 51.6 Å². The van der Waals surface area contributed by atoms with Gasteiger partial charge in [-0.15, -0.1) is 0 Å². The van der Waals surface area contributed by atoms with Gasteiger partial charge in [-0.05, 0) is 36.0 Å². The first-order chi connectivity index (χ1) is 15.0. The fourth-order valence-electron chi connectivity index (χ4n) is 4.07. The van der Waals surface area contributed by atoms with Crippen molar-refractivity contribution in [3.63, 3.8) is 0 Å². The van der Waals surface area contributed by atoms with E-state index in [0.29, 0.717) is 12.5 Å². The van der Waals surface area contributed by atoms with Crippen LogP contribution in [0.1, 0.15) is 41.0 Å². The molecule has 0 aliphatic carbocycles. The van der Waals surface area contributed by atoms with Gasteiger partial charge in [-0.25, -0.2) is 16.8 Å². The highest BCUT2D eigenvalue weighted by atomic mass is 32.2. The molecule has 2 aliphatic rings. The first-order valence-electron chi connectivity index (χ1n) is 10.6. The van der Waals surface area contributed by atoms with Gasteiger partial charge in [0.25, 0.3) is 5.91 Å². The van der Waals surface area contributed by atoms with Crippen LogP contribution < -0.4 is 10.0 Å². The molecule has 0 aromatic heterocycles. The third-order valence-corrected chi connectivity index (χ3v) is 7.58. The largest absolute Gasteiger partial charge is 0.509 e. The zero-order valence-electron chi connectivity index (χ0n) is 19.6. The molecular weight excluding hydrogens is 466 g/mol. The Bertz CT molecular complexity index is 1260. The molecule has 33 heavy (non-hydrogen) atoms. The van der Waals surface area contributed by atoms with Gasteiger partial charge in [0.1, 0.15) is 11.3 Å². The lowest BCUT2D eigenvalue weighted by Gasteiger charge is -2.35. The van der Waals surface area contributed by atoms with Crippen molar-refractivity contribution in [2.24, 2.45) is 11.3 Å². The van der Waals surface area contributed by atoms with E-state index in [-0.39, 0.29) is 33.3 Å². The first kappa shape index (κ1) is 25.1. The number of rotatable bonds is 6. The molecule has 1 amide bonds. The van der Waals surface area contributed by atoms with Crippen LogP contribution in [0.5, 0.6) is 0 Å². The second-order valence-electron chi connectivity index (χ2n) is 10.00. The van der Waals surface area contributed by atoms with Gasteiger partial charge in [0.05, 0.1) is 34.0 Å². The van der Waals surface area contributed by atoms with E-state index in [2.05, 4.69) is 10.0 Å². The number of hydrogen-bond acceptors (Lipinski definition) is 7. The Morgan fingerprint density at radius 1 is 1.24 bits per heavy atom. The number of carbonyl (C=O) groups excluding carboxylic acids is 1. The molecule has 1 aromatic carbocycles. The summed E-state index contributed by atoms with van der Waals surface area (Å²) >= 11 is 0. The summed E-state index contributed by atoms with van der Waals surface area (Å²) in [4.78, 5) is 14.8. The van der Waals surface area contributed by atoms with E-state index >= 15 is 0 Å². The topological polar surface area (TPSA) is 133 Å². The Kier molecular flexibility index (Phi) is 6.35. The summed E-state index contributed by atoms with van der Waals surface area (Å²) in [5.74, 6) is -0.247. The lowest BCUT2D eigenvalue weighted by Crippen LogP contribution is -2.44. The number of sulfonamides is 1. The molecule has 11 heteroatoms. The maximum Gasteiger partial charge on any atom is 0.260 e. The molecule has 0 saturated carbocycles. The molecule has 0 bridgehead atoms. The van der Waals surface area contributed by atoms with Gasteiger partial charge in [-0.1, -0.05) is 34.6 Å². The molecule has 1 aromatic rings. The summed E-state index contributed by atoms with van der Waals surface area (Å²) < 4.78 is 51.3. The maximum absolute atomic E-state index is 13.4. The number of sulfone groups is 1. The summed E-state index contributed by atoms with van der Waals surface area (Å²) in [5, 5.41) is 15.0. The summed E-state index contributed by atoms with van der Waals surface area (Å²) in [5.41, 5.74) is -0.254. The highest BCUT2D eigenvalue weighted by Crippen LogP contribution is 2.41. The van der Waals surface area contributed by atoms with Crippen LogP contribution in [0.3, 0.4) is 0 Å². The molecular formula is C22H31N3O6S2. The van der Waals surface area contributed by atoms with Gasteiger partial charge in [-0.2, -0.15) is 0 Å².